The van der Waals surface area contributed by atoms with Crippen molar-refractivity contribution in [3.8, 4) is 0 Å². The van der Waals surface area contributed by atoms with Gasteiger partial charge in [-0.25, -0.2) is 0 Å². The van der Waals surface area contributed by atoms with Crippen LogP contribution in [0, 0.1) is 0 Å². The molecule has 2 atom stereocenters. The first-order chi connectivity index (χ1) is 8.65. The number of aromatic nitrogens is 2. The molecule has 0 aromatic carbocycles. The average Bonchev–Trinajstić information content (AvgIpc) is 2.75. The van der Waals surface area contributed by atoms with Crippen molar-refractivity contribution in [3.63, 3.8) is 0 Å². The standard InChI is InChI=1S/C13H24N4O/c1-10(2)17-7-8-18-12(9-14-3)13(17)11-5-6-15-16(11)4/h5-6,10,12-14H,7-9H2,1-4H3. The fourth-order valence-electron chi connectivity index (χ4n) is 2.74. The van der Waals surface area contributed by atoms with Crippen LogP contribution >= 0.6 is 0 Å². The third-order valence-electron chi connectivity index (χ3n) is 3.62. The van der Waals surface area contributed by atoms with Gasteiger partial charge >= 0.3 is 0 Å². The number of likely N-dealkylation sites (N-methyl/N-ethyl adjacent to an activating group) is 1. The summed E-state index contributed by atoms with van der Waals surface area (Å²) >= 11 is 0. The number of hydrogen-bond donors (Lipinski definition) is 1. The molecule has 1 aromatic rings. The van der Waals surface area contributed by atoms with Crippen molar-refractivity contribution in [2.24, 2.45) is 7.05 Å². The van der Waals surface area contributed by atoms with Gasteiger partial charge in [-0.3, -0.25) is 9.58 Å². The van der Waals surface area contributed by atoms with Crippen molar-refractivity contribution >= 4 is 0 Å². The maximum absolute atomic E-state index is 5.94. The van der Waals surface area contributed by atoms with Gasteiger partial charge in [-0.05, 0) is 27.0 Å². The van der Waals surface area contributed by atoms with Gasteiger partial charge < -0.3 is 10.1 Å². The van der Waals surface area contributed by atoms with E-state index >= 15 is 0 Å². The Morgan fingerprint density at radius 1 is 1.56 bits per heavy atom. The fraction of sp³-hybridized carbons (Fsp3) is 0.769. The Hall–Kier alpha value is -0.910. The summed E-state index contributed by atoms with van der Waals surface area (Å²) in [4.78, 5) is 2.50. The molecule has 5 heteroatoms. The summed E-state index contributed by atoms with van der Waals surface area (Å²) in [6.45, 7) is 7.13. The fourth-order valence-corrected chi connectivity index (χ4v) is 2.74. The highest BCUT2D eigenvalue weighted by molar-refractivity contribution is 5.11. The van der Waals surface area contributed by atoms with Crippen molar-refractivity contribution in [3.05, 3.63) is 18.0 Å². The number of morpholine rings is 1. The lowest BCUT2D eigenvalue weighted by atomic mass is 10.0. The smallest absolute Gasteiger partial charge is 0.0911 e. The van der Waals surface area contributed by atoms with Crippen LogP contribution in [0.2, 0.25) is 0 Å². The minimum Gasteiger partial charge on any atom is -0.374 e. The summed E-state index contributed by atoms with van der Waals surface area (Å²) in [5.74, 6) is 0. The number of ether oxygens (including phenoxy) is 1. The number of rotatable bonds is 4. The van der Waals surface area contributed by atoms with Gasteiger partial charge in [0, 0.05) is 32.4 Å². The highest BCUT2D eigenvalue weighted by atomic mass is 16.5. The SMILES string of the molecule is CNCC1OCCN(C(C)C)C1c1ccnn1C. The molecule has 2 heterocycles. The second-order valence-corrected chi connectivity index (χ2v) is 5.12. The molecule has 0 saturated carbocycles. The summed E-state index contributed by atoms with van der Waals surface area (Å²) in [5, 5.41) is 7.52. The highest BCUT2D eigenvalue weighted by Gasteiger charge is 2.36. The summed E-state index contributed by atoms with van der Waals surface area (Å²) in [5.41, 5.74) is 1.23. The lowest BCUT2D eigenvalue weighted by Gasteiger charge is -2.43. The molecule has 102 valence electrons. The lowest BCUT2D eigenvalue weighted by molar-refractivity contribution is -0.0839. The van der Waals surface area contributed by atoms with Crippen LogP contribution in [0.15, 0.2) is 12.3 Å². The predicted molar refractivity (Wildman–Crippen MR) is 71.5 cm³/mol. The molecular weight excluding hydrogens is 228 g/mol. The van der Waals surface area contributed by atoms with Crippen LogP contribution in [0.3, 0.4) is 0 Å². The molecule has 5 nitrogen and oxygen atoms in total. The third-order valence-corrected chi connectivity index (χ3v) is 3.62. The van der Waals surface area contributed by atoms with Crippen LogP contribution in [0.5, 0.6) is 0 Å². The molecular formula is C13H24N4O. The van der Waals surface area contributed by atoms with E-state index in [1.54, 1.807) is 0 Å². The normalized spacial score (nSPS) is 25.8. The Morgan fingerprint density at radius 3 is 2.89 bits per heavy atom. The molecule has 0 spiro atoms. The monoisotopic (exact) mass is 252 g/mol. The zero-order valence-electron chi connectivity index (χ0n) is 11.8. The average molecular weight is 252 g/mol. The topological polar surface area (TPSA) is 42.3 Å². The van der Waals surface area contributed by atoms with E-state index in [2.05, 4.69) is 35.2 Å². The molecule has 1 N–H and O–H groups in total. The summed E-state index contributed by atoms with van der Waals surface area (Å²) < 4.78 is 7.90. The first-order valence-electron chi connectivity index (χ1n) is 6.65. The van der Waals surface area contributed by atoms with Crippen molar-refractivity contribution in [1.82, 2.24) is 20.0 Å². The first-order valence-corrected chi connectivity index (χ1v) is 6.65. The molecule has 18 heavy (non-hydrogen) atoms. The summed E-state index contributed by atoms with van der Waals surface area (Å²) in [6.07, 6.45) is 2.04. The van der Waals surface area contributed by atoms with E-state index in [1.165, 1.54) is 5.69 Å². The number of aryl methyl sites for hydroxylation is 1. The maximum Gasteiger partial charge on any atom is 0.0911 e. The quantitative estimate of drug-likeness (QED) is 0.860. The predicted octanol–water partition coefficient (Wildman–Crippen LogP) is 0.790. The van der Waals surface area contributed by atoms with E-state index in [1.807, 2.05) is 25.0 Å². The van der Waals surface area contributed by atoms with Gasteiger partial charge in [0.15, 0.2) is 0 Å². The third kappa shape index (κ3) is 2.58. The molecule has 1 aromatic heterocycles. The van der Waals surface area contributed by atoms with E-state index < -0.39 is 0 Å². The van der Waals surface area contributed by atoms with Gasteiger partial charge in [-0.1, -0.05) is 0 Å². The van der Waals surface area contributed by atoms with Gasteiger partial charge in [-0.2, -0.15) is 5.10 Å². The summed E-state index contributed by atoms with van der Waals surface area (Å²) in [7, 11) is 3.97. The van der Waals surface area contributed by atoms with Crippen LogP contribution < -0.4 is 5.32 Å². The van der Waals surface area contributed by atoms with Gasteiger partial charge in [-0.15, -0.1) is 0 Å². The van der Waals surface area contributed by atoms with Gasteiger partial charge in [0.25, 0.3) is 0 Å². The molecule has 0 bridgehead atoms. The second-order valence-electron chi connectivity index (χ2n) is 5.12. The van der Waals surface area contributed by atoms with Crippen molar-refractivity contribution in [2.75, 3.05) is 26.7 Å². The van der Waals surface area contributed by atoms with Gasteiger partial charge in [0.1, 0.15) is 0 Å². The zero-order valence-corrected chi connectivity index (χ0v) is 11.8. The molecule has 1 aliphatic heterocycles. The van der Waals surface area contributed by atoms with Crippen LogP contribution in [-0.4, -0.2) is 53.6 Å². The molecule has 1 aliphatic rings. The number of hydrogen-bond acceptors (Lipinski definition) is 4. The Kier molecular flexibility index (Phi) is 4.37. The maximum atomic E-state index is 5.94. The van der Waals surface area contributed by atoms with Gasteiger partial charge in [0.2, 0.25) is 0 Å². The van der Waals surface area contributed by atoms with Crippen LogP contribution in [-0.2, 0) is 11.8 Å². The van der Waals surface area contributed by atoms with Crippen molar-refractivity contribution in [2.45, 2.75) is 32.0 Å². The van der Waals surface area contributed by atoms with E-state index in [0.717, 1.165) is 19.7 Å². The molecule has 0 amide bonds. The zero-order chi connectivity index (χ0) is 13.1. The second kappa shape index (κ2) is 5.82. The van der Waals surface area contributed by atoms with Gasteiger partial charge in [0.05, 0.1) is 24.4 Å². The molecule has 1 fully saturated rings. The van der Waals surface area contributed by atoms with E-state index in [9.17, 15) is 0 Å². The largest absolute Gasteiger partial charge is 0.374 e. The Bertz CT molecular complexity index is 375. The number of nitrogens with one attached hydrogen (secondary N) is 1. The molecule has 0 aliphatic carbocycles. The molecule has 1 saturated heterocycles. The minimum atomic E-state index is 0.182. The Labute approximate surface area is 109 Å². The van der Waals surface area contributed by atoms with E-state index in [4.69, 9.17) is 4.74 Å². The first kappa shape index (κ1) is 13.5. The molecule has 2 unspecified atom stereocenters. The molecule has 2 rings (SSSR count). The molecule has 0 radical (unpaired) electrons. The number of nitrogens with zero attached hydrogens (tertiary/aromatic N) is 3. The van der Waals surface area contributed by atoms with E-state index in [0.29, 0.717) is 6.04 Å². The minimum absolute atomic E-state index is 0.182. The lowest BCUT2D eigenvalue weighted by Crippen LogP contribution is -2.51. The summed E-state index contributed by atoms with van der Waals surface area (Å²) in [6, 6.07) is 2.88. The van der Waals surface area contributed by atoms with Crippen LogP contribution in [0.25, 0.3) is 0 Å². The van der Waals surface area contributed by atoms with E-state index in [-0.39, 0.29) is 12.1 Å². The Morgan fingerprint density at radius 2 is 2.33 bits per heavy atom. The van der Waals surface area contributed by atoms with Crippen molar-refractivity contribution < 1.29 is 4.74 Å². The van der Waals surface area contributed by atoms with Crippen molar-refractivity contribution in [1.29, 1.82) is 0 Å². The van der Waals surface area contributed by atoms with Crippen LogP contribution in [0.1, 0.15) is 25.6 Å². The van der Waals surface area contributed by atoms with Crippen LogP contribution in [0.4, 0.5) is 0 Å². The Balaban J connectivity index is 2.29. The highest BCUT2D eigenvalue weighted by Crippen LogP contribution is 2.30.